The molecule has 0 saturated carbocycles. The van der Waals surface area contributed by atoms with Crippen LogP contribution in [0.15, 0.2) is 53.7 Å². The van der Waals surface area contributed by atoms with Crippen LogP contribution in [0.5, 0.6) is 0 Å². The van der Waals surface area contributed by atoms with Crippen molar-refractivity contribution in [1.82, 2.24) is 14.2 Å². The molecule has 160 valence electrons. The fourth-order valence-electron chi connectivity index (χ4n) is 4.08. The number of piperidine rings is 1. The minimum Gasteiger partial charge on any atom is -0.371 e. The molecule has 9 heteroatoms. The van der Waals surface area contributed by atoms with E-state index in [-0.39, 0.29) is 17.3 Å². The molecule has 2 aromatic rings. The Labute approximate surface area is 191 Å². The van der Waals surface area contributed by atoms with Crippen molar-refractivity contribution >= 4 is 44.2 Å². The first-order chi connectivity index (χ1) is 14.4. The molecule has 0 spiro atoms. The standard InChI is InChI=1S/C21H25IN4O3S/c22-18-1-3-20(4-2-18)30(28,29)26-14-13-25(21(27)16-26)15-17-7-11-24(12-8-17)19-5-9-23-10-6-19/h1-6,9-10,17H,7-8,11-16H2. The fourth-order valence-corrected chi connectivity index (χ4v) is 5.82. The SMILES string of the molecule is O=C1CN(S(=O)(=O)c2ccc(I)cc2)CCN1CC1CCN(c2ccncc2)CC1. The zero-order valence-corrected chi connectivity index (χ0v) is 19.6. The number of hydrogen-bond acceptors (Lipinski definition) is 5. The third-order valence-corrected chi connectivity index (χ3v) is 8.43. The molecule has 0 radical (unpaired) electrons. The minimum atomic E-state index is -3.64. The third-order valence-electron chi connectivity index (χ3n) is 5.86. The lowest BCUT2D eigenvalue weighted by atomic mass is 9.95. The van der Waals surface area contributed by atoms with Gasteiger partial charge in [-0.05, 0) is 77.7 Å². The molecule has 0 N–H and O–H groups in total. The minimum absolute atomic E-state index is 0.0792. The van der Waals surface area contributed by atoms with Gasteiger partial charge in [0.1, 0.15) is 0 Å². The van der Waals surface area contributed by atoms with Gasteiger partial charge in [-0.2, -0.15) is 4.31 Å². The van der Waals surface area contributed by atoms with Crippen LogP contribution >= 0.6 is 22.6 Å². The Kier molecular flexibility index (Phi) is 6.59. The molecule has 2 fully saturated rings. The Balaban J connectivity index is 1.31. The lowest BCUT2D eigenvalue weighted by Gasteiger charge is -2.38. The van der Waals surface area contributed by atoms with Crippen molar-refractivity contribution in [2.75, 3.05) is 44.2 Å². The zero-order chi connectivity index (χ0) is 21.1. The highest BCUT2D eigenvalue weighted by atomic mass is 127. The van der Waals surface area contributed by atoms with Crippen LogP contribution in [0.3, 0.4) is 0 Å². The molecule has 1 aromatic heterocycles. The van der Waals surface area contributed by atoms with Crippen molar-refractivity contribution < 1.29 is 13.2 Å². The van der Waals surface area contributed by atoms with Crippen molar-refractivity contribution in [1.29, 1.82) is 0 Å². The van der Waals surface area contributed by atoms with Gasteiger partial charge in [0.05, 0.1) is 11.4 Å². The molecule has 0 bridgehead atoms. The molecular formula is C21H25IN4O3S. The Morgan fingerprint density at radius 3 is 2.27 bits per heavy atom. The van der Waals surface area contributed by atoms with Crippen LogP contribution < -0.4 is 4.90 Å². The number of rotatable bonds is 5. The van der Waals surface area contributed by atoms with Crippen LogP contribution in [-0.2, 0) is 14.8 Å². The monoisotopic (exact) mass is 540 g/mol. The Morgan fingerprint density at radius 1 is 0.967 bits per heavy atom. The first kappa shape index (κ1) is 21.5. The van der Waals surface area contributed by atoms with Gasteiger partial charge in [0.2, 0.25) is 15.9 Å². The number of sulfonamides is 1. The van der Waals surface area contributed by atoms with Gasteiger partial charge in [-0.1, -0.05) is 0 Å². The number of carbonyl (C=O) groups excluding carboxylic acids is 1. The largest absolute Gasteiger partial charge is 0.371 e. The number of piperazine rings is 1. The molecule has 30 heavy (non-hydrogen) atoms. The van der Waals surface area contributed by atoms with E-state index in [1.54, 1.807) is 24.3 Å². The summed E-state index contributed by atoms with van der Waals surface area (Å²) in [6, 6.07) is 10.8. The normalized spacial score (nSPS) is 19.3. The van der Waals surface area contributed by atoms with E-state index in [1.165, 1.54) is 9.99 Å². The quantitative estimate of drug-likeness (QED) is 0.545. The van der Waals surface area contributed by atoms with Gasteiger partial charge >= 0.3 is 0 Å². The summed E-state index contributed by atoms with van der Waals surface area (Å²) < 4.78 is 28.0. The summed E-state index contributed by atoms with van der Waals surface area (Å²) in [5.41, 5.74) is 1.19. The highest BCUT2D eigenvalue weighted by Crippen LogP contribution is 2.25. The van der Waals surface area contributed by atoms with Crippen LogP contribution in [0.25, 0.3) is 0 Å². The molecule has 1 aromatic carbocycles. The molecule has 2 aliphatic heterocycles. The zero-order valence-electron chi connectivity index (χ0n) is 16.7. The summed E-state index contributed by atoms with van der Waals surface area (Å²) in [6.07, 6.45) is 5.67. The Morgan fingerprint density at radius 2 is 1.63 bits per heavy atom. The lowest BCUT2D eigenvalue weighted by molar-refractivity contribution is -0.134. The van der Waals surface area contributed by atoms with E-state index in [0.29, 0.717) is 25.6 Å². The summed E-state index contributed by atoms with van der Waals surface area (Å²) in [7, 11) is -3.64. The molecule has 0 atom stereocenters. The first-order valence-corrected chi connectivity index (χ1v) is 12.6. The van der Waals surface area contributed by atoms with Crippen molar-refractivity contribution in [3.63, 3.8) is 0 Å². The molecular weight excluding hydrogens is 515 g/mol. The van der Waals surface area contributed by atoms with Crippen LogP contribution in [0.4, 0.5) is 5.69 Å². The molecule has 1 amide bonds. The van der Waals surface area contributed by atoms with E-state index in [2.05, 4.69) is 32.5 Å². The maximum atomic E-state index is 12.9. The molecule has 0 aliphatic carbocycles. The predicted molar refractivity (Wildman–Crippen MR) is 124 cm³/mol. The van der Waals surface area contributed by atoms with Crippen LogP contribution in [0, 0.1) is 9.49 Å². The van der Waals surface area contributed by atoms with Crippen molar-refractivity contribution in [2.45, 2.75) is 17.7 Å². The average Bonchev–Trinajstić information content (AvgIpc) is 2.76. The van der Waals surface area contributed by atoms with E-state index in [0.717, 1.165) is 29.5 Å². The van der Waals surface area contributed by atoms with Gasteiger partial charge in [-0.25, -0.2) is 8.42 Å². The Hall–Kier alpha value is -1.72. The Bertz CT molecular complexity index is 977. The van der Waals surface area contributed by atoms with Gasteiger partial charge in [0.25, 0.3) is 0 Å². The van der Waals surface area contributed by atoms with Crippen LogP contribution in [0.1, 0.15) is 12.8 Å². The molecule has 7 nitrogen and oxygen atoms in total. The lowest BCUT2D eigenvalue weighted by Crippen LogP contribution is -2.53. The number of anilines is 1. The summed E-state index contributed by atoms with van der Waals surface area (Å²) in [5, 5.41) is 0. The van der Waals surface area contributed by atoms with Gasteiger partial charge in [-0.3, -0.25) is 9.78 Å². The molecule has 3 heterocycles. The maximum absolute atomic E-state index is 12.9. The van der Waals surface area contributed by atoms with Gasteiger partial charge in [0.15, 0.2) is 0 Å². The summed E-state index contributed by atoms with van der Waals surface area (Å²) in [4.78, 5) is 21.2. The molecule has 0 unspecified atom stereocenters. The summed E-state index contributed by atoms with van der Waals surface area (Å²) in [5.74, 6) is 0.346. The molecule has 2 aliphatic rings. The predicted octanol–water partition coefficient (Wildman–Crippen LogP) is 2.44. The van der Waals surface area contributed by atoms with Gasteiger partial charge in [-0.15, -0.1) is 0 Å². The number of carbonyl (C=O) groups is 1. The van der Waals surface area contributed by atoms with Crippen molar-refractivity contribution in [2.24, 2.45) is 5.92 Å². The van der Waals surface area contributed by atoms with Crippen molar-refractivity contribution in [3.05, 3.63) is 52.4 Å². The second-order valence-electron chi connectivity index (χ2n) is 7.77. The smallest absolute Gasteiger partial charge is 0.243 e. The highest BCUT2D eigenvalue weighted by molar-refractivity contribution is 14.1. The second-order valence-corrected chi connectivity index (χ2v) is 11.0. The number of halogens is 1. The van der Waals surface area contributed by atoms with E-state index in [1.807, 2.05) is 29.4 Å². The first-order valence-electron chi connectivity index (χ1n) is 10.1. The third kappa shape index (κ3) is 4.78. The second kappa shape index (κ2) is 9.19. The number of amides is 1. The molecule has 2 saturated heterocycles. The average molecular weight is 540 g/mol. The van der Waals surface area contributed by atoms with Crippen LogP contribution in [0.2, 0.25) is 0 Å². The number of pyridine rings is 1. The molecule has 4 rings (SSSR count). The van der Waals surface area contributed by atoms with E-state index >= 15 is 0 Å². The number of hydrogen-bond donors (Lipinski definition) is 0. The van der Waals surface area contributed by atoms with E-state index in [9.17, 15) is 13.2 Å². The fraction of sp³-hybridized carbons (Fsp3) is 0.429. The van der Waals surface area contributed by atoms with Crippen molar-refractivity contribution in [3.8, 4) is 0 Å². The topological polar surface area (TPSA) is 73.8 Å². The summed E-state index contributed by atoms with van der Waals surface area (Å²) in [6.45, 7) is 3.35. The number of nitrogens with zero attached hydrogens (tertiary/aromatic N) is 4. The number of benzene rings is 1. The van der Waals surface area contributed by atoms with Gasteiger partial charge in [0, 0.05) is 54.4 Å². The highest BCUT2D eigenvalue weighted by Gasteiger charge is 2.34. The van der Waals surface area contributed by atoms with E-state index < -0.39 is 10.0 Å². The van der Waals surface area contributed by atoms with Gasteiger partial charge < -0.3 is 9.80 Å². The van der Waals surface area contributed by atoms with E-state index in [4.69, 9.17) is 0 Å². The summed E-state index contributed by atoms with van der Waals surface area (Å²) >= 11 is 2.14. The maximum Gasteiger partial charge on any atom is 0.243 e. The number of aromatic nitrogens is 1. The van der Waals surface area contributed by atoms with Crippen LogP contribution in [-0.4, -0.2) is 67.8 Å².